The molecule has 0 spiro atoms. The van der Waals surface area contributed by atoms with E-state index in [-0.39, 0.29) is 5.91 Å². The van der Waals surface area contributed by atoms with Gasteiger partial charge >= 0.3 is 0 Å². The van der Waals surface area contributed by atoms with Crippen LogP contribution in [0.5, 0.6) is 0 Å². The van der Waals surface area contributed by atoms with Crippen molar-refractivity contribution in [2.75, 3.05) is 6.54 Å². The number of aromatic nitrogens is 2. The maximum Gasteiger partial charge on any atom is 0.254 e. The summed E-state index contributed by atoms with van der Waals surface area (Å²) in [5.41, 5.74) is 5.56. The number of fused-ring (bicyclic) bond motifs is 2. The summed E-state index contributed by atoms with van der Waals surface area (Å²) in [5.74, 6) is 0.0806. The predicted octanol–water partition coefficient (Wildman–Crippen LogP) is 6.85. The number of unbranched alkanes of at least 4 members (excludes halogenated alkanes) is 5. The third-order valence-electron chi connectivity index (χ3n) is 5.67. The lowest BCUT2D eigenvalue weighted by Crippen LogP contribution is -2.31. The number of para-hydroxylation sites is 1. The number of carbonyl (C=O) groups excluding carboxylic acids is 1. The number of thiazole rings is 1. The smallest absolute Gasteiger partial charge is 0.254 e. The van der Waals surface area contributed by atoms with Crippen molar-refractivity contribution in [1.82, 2.24) is 14.9 Å². The second kappa shape index (κ2) is 10.5. The van der Waals surface area contributed by atoms with Gasteiger partial charge in [0.15, 0.2) is 0 Å². The lowest BCUT2D eigenvalue weighted by atomic mass is 10.1. The van der Waals surface area contributed by atoms with Crippen LogP contribution in [0.4, 0.5) is 0 Å². The molecule has 0 radical (unpaired) electrons. The first kappa shape index (κ1) is 21.4. The number of hydrogen-bond acceptors (Lipinski definition) is 4. The molecule has 0 saturated heterocycles. The topological polar surface area (TPSA) is 46.1 Å². The van der Waals surface area contributed by atoms with Crippen LogP contribution in [0.1, 0.15) is 61.4 Å². The van der Waals surface area contributed by atoms with E-state index in [4.69, 9.17) is 0 Å². The summed E-state index contributed by atoms with van der Waals surface area (Å²) in [6.07, 6.45) is 9.14. The van der Waals surface area contributed by atoms with Crippen LogP contribution in [0, 0.1) is 0 Å². The van der Waals surface area contributed by atoms with Crippen LogP contribution in [-0.4, -0.2) is 27.3 Å². The van der Waals surface area contributed by atoms with Crippen molar-refractivity contribution in [1.29, 1.82) is 0 Å². The molecule has 31 heavy (non-hydrogen) atoms. The van der Waals surface area contributed by atoms with Crippen molar-refractivity contribution in [3.05, 3.63) is 71.4 Å². The molecule has 0 N–H and O–H groups in total. The maximum atomic E-state index is 13.4. The Hall–Kier alpha value is -2.79. The molecule has 0 aliphatic carbocycles. The second-order valence-electron chi connectivity index (χ2n) is 8.07. The van der Waals surface area contributed by atoms with Gasteiger partial charge in [-0.3, -0.25) is 9.78 Å². The fourth-order valence-electron chi connectivity index (χ4n) is 3.93. The van der Waals surface area contributed by atoms with Gasteiger partial charge in [-0.15, -0.1) is 11.3 Å². The molecule has 4 nitrogen and oxygen atoms in total. The van der Waals surface area contributed by atoms with Crippen LogP contribution in [0.15, 0.2) is 60.2 Å². The summed E-state index contributed by atoms with van der Waals surface area (Å²) in [7, 11) is 0. The van der Waals surface area contributed by atoms with Gasteiger partial charge in [-0.1, -0.05) is 57.2 Å². The van der Waals surface area contributed by atoms with Gasteiger partial charge in [-0.2, -0.15) is 0 Å². The zero-order valence-corrected chi connectivity index (χ0v) is 18.9. The SMILES string of the molecule is CCCCCCCCN(Cc1cnc2ccccc2c1)C(=O)c1ccc2ncsc2c1. The summed E-state index contributed by atoms with van der Waals surface area (Å²) in [6, 6.07) is 16.1. The van der Waals surface area contributed by atoms with Crippen LogP contribution in [0.3, 0.4) is 0 Å². The molecular weight excluding hydrogens is 402 g/mol. The van der Waals surface area contributed by atoms with Crippen molar-refractivity contribution in [2.45, 2.75) is 52.0 Å². The Labute approximate surface area is 188 Å². The summed E-state index contributed by atoms with van der Waals surface area (Å²) in [5, 5.41) is 1.11. The summed E-state index contributed by atoms with van der Waals surface area (Å²) < 4.78 is 1.05. The Kier molecular flexibility index (Phi) is 7.26. The molecular formula is C26H29N3OS. The Balaban J connectivity index is 1.51. The molecule has 0 atom stereocenters. The zero-order chi connectivity index (χ0) is 21.5. The first-order valence-electron chi connectivity index (χ1n) is 11.2. The van der Waals surface area contributed by atoms with E-state index in [1.165, 1.54) is 25.7 Å². The number of benzene rings is 2. The normalized spacial score (nSPS) is 11.3. The van der Waals surface area contributed by atoms with E-state index in [0.29, 0.717) is 6.54 Å². The predicted molar refractivity (Wildman–Crippen MR) is 129 cm³/mol. The minimum Gasteiger partial charge on any atom is -0.334 e. The number of hydrogen-bond donors (Lipinski definition) is 0. The molecule has 0 bridgehead atoms. The van der Waals surface area contributed by atoms with Crippen molar-refractivity contribution < 1.29 is 4.79 Å². The Bertz CT molecular complexity index is 1150. The van der Waals surface area contributed by atoms with Crippen molar-refractivity contribution in [3.63, 3.8) is 0 Å². The monoisotopic (exact) mass is 431 g/mol. The van der Waals surface area contributed by atoms with E-state index >= 15 is 0 Å². The maximum absolute atomic E-state index is 13.4. The number of amides is 1. The van der Waals surface area contributed by atoms with Crippen molar-refractivity contribution >= 4 is 38.4 Å². The fraction of sp³-hybridized carbons (Fsp3) is 0.346. The van der Waals surface area contributed by atoms with Gasteiger partial charge in [0.2, 0.25) is 0 Å². The lowest BCUT2D eigenvalue weighted by Gasteiger charge is -2.23. The van der Waals surface area contributed by atoms with Gasteiger partial charge in [0.1, 0.15) is 0 Å². The van der Waals surface area contributed by atoms with E-state index in [1.54, 1.807) is 11.3 Å². The van der Waals surface area contributed by atoms with Gasteiger partial charge in [-0.25, -0.2) is 4.98 Å². The van der Waals surface area contributed by atoms with Gasteiger partial charge < -0.3 is 4.90 Å². The first-order valence-corrected chi connectivity index (χ1v) is 12.1. The molecule has 2 aromatic carbocycles. The summed E-state index contributed by atoms with van der Waals surface area (Å²) in [6.45, 7) is 3.57. The van der Waals surface area contributed by atoms with Gasteiger partial charge in [-0.05, 0) is 42.3 Å². The largest absolute Gasteiger partial charge is 0.334 e. The summed E-state index contributed by atoms with van der Waals surface area (Å²) >= 11 is 1.57. The number of carbonyl (C=O) groups is 1. The zero-order valence-electron chi connectivity index (χ0n) is 18.1. The van der Waals surface area contributed by atoms with Gasteiger partial charge in [0, 0.05) is 30.2 Å². The Morgan fingerprint density at radius 2 is 1.77 bits per heavy atom. The van der Waals surface area contributed by atoms with Crippen LogP contribution < -0.4 is 0 Å². The van der Waals surface area contributed by atoms with Gasteiger partial charge in [0.05, 0.1) is 21.2 Å². The Morgan fingerprint density at radius 3 is 2.68 bits per heavy atom. The average Bonchev–Trinajstić information content (AvgIpc) is 3.28. The summed E-state index contributed by atoms with van der Waals surface area (Å²) in [4.78, 5) is 24.3. The molecule has 0 aliphatic rings. The molecule has 0 aliphatic heterocycles. The minimum absolute atomic E-state index is 0.0806. The third kappa shape index (κ3) is 5.47. The number of pyridine rings is 1. The highest BCUT2D eigenvalue weighted by Crippen LogP contribution is 2.22. The number of rotatable bonds is 10. The molecule has 4 rings (SSSR count). The second-order valence-corrected chi connectivity index (χ2v) is 8.95. The molecule has 2 aromatic heterocycles. The highest BCUT2D eigenvalue weighted by Gasteiger charge is 2.17. The fourth-order valence-corrected chi connectivity index (χ4v) is 4.65. The van der Waals surface area contributed by atoms with E-state index in [9.17, 15) is 4.79 Å². The van der Waals surface area contributed by atoms with Crippen molar-refractivity contribution in [2.24, 2.45) is 0 Å². The molecule has 1 amide bonds. The van der Waals surface area contributed by atoms with E-state index in [0.717, 1.165) is 51.6 Å². The van der Waals surface area contributed by atoms with Crippen LogP contribution in [0.25, 0.3) is 21.1 Å². The molecule has 4 aromatic rings. The highest BCUT2D eigenvalue weighted by molar-refractivity contribution is 7.16. The van der Waals surface area contributed by atoms with Crippen LogP contribution in [0.2, 0.25) is 0 Å². The quantitative estimate of drug-likeness (QED) is 0.258. The standard InChI is InChI=1S/C26H29N3OS/c1-2-3-4-5-6-9-14-29(18-20-15-21-10-7-8-11-23(21)27-17-20)26(30)22-12-13-24-25(16-22)31-19-28-24/h7-8,10-13,15-17,19H,2-6,9,14,18H2,1H3. The first-order chi connectivity index (χ1) is 15.2. The minimum atomic E-state index is 0.0806. The van der Waals surface area contributed by atoms with Crippen LogP contribution >= 0.6 is 11.3 Å². The van der Waals surface area contributed by atoms with Crippen molar-refractivity contribution in [3.8, 4) is 0 Å². The number of nitrogens with zero attached hydrogens (tertiary/aromatic N) is 3. The highest BCUT2D eigenvalue weighted by atomic mass is 32.1. The molecule has 0 unspecified atom stereocenters. The lowest BCUT2D eigenvalue weighted by molar-refractivity contribution is 0.0740. The third-order valence-corrected chi connectivity index (χ3v) is 6.46. The molecule has 2 heterocycles. The molecule has 0 fully saturated rings. The molecule has 0 saturated carbocycles. The van der Waals surface area contributed by atoms with E-state index < -0.39 is 0 Å². The van der Waals surface area contributed by atoms with Crippen LogP contribution in [-0.2, 0) is 6.54 Å². The molecule has 5 heteroatoms. The Morgan fingerprint density at radius 1 is 0.935 bits per heavy atom. The van der Waals surface area contributed by atoms with E-state index in [1.807, 2.05) is 53.0 Å². The van der Waals surface area contributed by atoms with E-state index in [2.05, 4.69) is 29.0 Å². The molecule has 160 valence electrons. The average molecular weight is 432 g/mol. The van der Waals surface area contributed by atoms with Gasteiger partial charge in [0.25, 0.3) is 5.91 Å².